The van der Waals surface area contributed by atoms with Crippen LogP contribution in [0.25, 0.3) is 11.0 Å². The number of carbonyl (C=O) groups is 2. The van der Waals surface area contributed by atoms with Crippen LogP contribution < -0.4 is 15.7 Å². The lowest BCUT2D eigenvalue weighted by Crippen LogP contribution is -2.54. The number of nitrogens with one attached hydrogen (secondary N) is 1. The monoisotopic (exact) mass is 484 g/mol. The fourth-order valence-corrected chi connectivity index (χ4v) is 5.40. The van der Waals surface area contributed by atoms with Crippen LogP contribution in [0.15, 0.2) is 21.3 Å². The Hall–Kier alpha value is -2.87. The van der Waals surface area contributed by atoms with Crippen LogP contribution in [0.1, 0.15) is 61.6 Å². The molecule has 0 bridgehead atoms. The van der Waals surface area contributed by atoms with Crippen molar-refractivity contribution in [1.29, 1.82) is 0 Å². The molecule has 0 unspecified atom stereocenters. The van der Waals surface area contributed by atoms with Crippen molar-refractivity contribution in [2.24, 2.45) is 5.92 Å². The minimum absolute atomic E-state index is 0.0851. The molecule has 2 fully saturated rings. The van der Waals surface area contributed by atoms with Crippen molar-refractivity contribution in [2.45, 2.75) is 71.3 Å². The van der Waals surface area contributed by atoms with Crippen LogP contribution in [0.2, 0.25) is 0 Å². The summed E-state index contributed by atoms with van der Waals surface area (Å²) in [4.78, 5) is 38.8. The van der Waals surface area contributed by atoms with E-state index in [1.54, 1.807) is 19.9 Å². The van der Waals surface area contributed by atoms with Crippen molar-refractivity contribution in [3.8, 4) is 5.75 Å². The van der Waals surface area contributed by atoms with Gasteiger partial charge in [-0.3, -0.25) is 9.59 Å². The summed E-state index contributed by atoms with van der Waals surface area (Å²) in [6.45, 7) is 6.89. The Morgan fingerprint density at radius 2 is 1.97 bits per heavy atom. The predicted octanol–water partition coefficient (Wildman–Crippen LogP) is 3.15. The Balaban J connectivity index is 1.21. The molecule has 2 heterocycles. The standard InChI is InChI=1S/C27H36N2O6/c1-17-18(2)26(32)35-25-19(3)22(10-9-21(17)25)34-16-23(30)28-13-6-8-24(31)29-14-12-27(33)11-5-4-7-20(27)15-29/h9-10,20,33H,4-8,11-16H2,1-3H3,(H,28,30)/t20-,27-/m0/s1. The van der Waals surface area contributed by atoms with Crippen LogP contribution in [-0.4, -0.2) is 53.7 Å². The Morgan fingerprint density at radius 1 is 1.17 bits per heavy atom. The fraction of sp³-hybridized carbons (Fsp3) is 0.593. The molecule has 1 aliphatic heterocycles. The van der Waals surface area contributed by atoms with Gasteiger partial charge in [0.25, 0.3) is 5.91 Å². The van der Waals surface area contributed by atoms with Crippen molar-refractivity contribution in [3.63, 3.8) is 0 Å². The van der Waals surface area contributed by atoms with Gasteiger partial charge in [0.2, 0.25) is 5.91 Å². The van der Waals surface area contributed by atoms with Crippen molar-refractivity contribution >= 4 is 22.8 Å². The highest BCUT2D eigenvalue weighted by Crippen LogP contribution is 2.39. The summed E-state index contributed by atoms with van der Waals surface area (Å²) in [6, 6.07) is 3.61. The van der Waals surface area contributed by atoms with E-state index in [9.17, 15) is 19.5 Å². The van der Waals surface area contributed by atoms with Gasteiger partial charge in [0.05, 0.1) is 5.60 Å². The largest absolute Gasteiger partial charge is 0.483 e. The van der Waals surface area contributed by atoms with Crippen molar-refractivity contribution < 1.29 is 23.8 Å². The molecule has 8 nitrogen and oxygen atoms in total. The number of aryl methyl sites for hydroxylation is 2. The molecule has 8 heteroatoms. The molecule has 2 atom stereocenters. The second-order valence-electron chi connectivity index (χ2n) is 10.1. The van der Waals surface area contributed by atoms with Crippen LogP contribution in [0.3, 0.4) is 0 Å². The molecule has 1 saturated heterocycles. The SMILES string of the molecule is Cc1c(C)c2ccc(OCC(=O)NCCCC(=O)N3CC[C@@]4(O)CCCC[C@H]4C3)c(C)c2oc1=O. The molecular weight excluding hydrogens is 448 g/mol. The lowest BCUT2D eigenvalue weighted by Gasteiger charge is -2.47. The van der Waals surface area contributed by atoms with Crippen molar-refractivity contribution in [2.75, 3.05) is 26.2 Å². The van der Waals surface area contributed by atoms with Gasteiger partial charge in [0, 0.05) is 48.5 Å². The van der Waals surface area contributed by atoms with Gasteiger partial charge in [-0.05, 0) is 64.2 Å². The zero-order valence-corrected chi connectivity index (χ0v) is 20.9. The second-order valence-corrected chi connectivity index (χ2v) is 10.1. The molecular formula is C27H36N2O6. The van der Waals surface area contributed by atoms with E-state index in [0.29, 0.717) is 61.4 Å². The summed E-state index contributed by atoms with van der Waals surface area (Å²) in [7, 11) is 0. The van der Waals surface area contributed by atoms with Gasteiger partial charge in [-0.15, -0.1) is 0 Å². The van der Waals surface area contributed by atoms with E-state index in [4.69, 9.17) is 9.15 Å². The maximum atomic E-state index is 12.6. The third-order valence-corrected chi connectivity index (χ3v) is 7.85. The first kappa shape index (κ1) is 25.2. The van der Waals surface area contributed by atoms with E-state index in [1.807, 2.05) is 17.9 Å². The lowest BCUT2D eigenvalue weighted by molar-refractivity contribution is -0.143. The Bertz CT molecular complexity index is 1170. The average Bonchev–Trinajstić information content (AvgIpc) is 2.84. The number of hydrogen-bond acceptors (Lipinski definition) is 6. The molecule has 1 aliphatic carbocycles. The van der Waals surface area contributed by atoms with Crippen LogP contribution in [0.5, 0.6) is 5.75 Å². The number of piperidine rings is 1. The first-order chi connectivity index (χ1) is 16.7. The third-order valence-electron chi connectivity index (χ3n) is 7.85. The number of likely N-dealkylation sites (tertiary alicyclic amines) is 1. The highest BCUT2D eigenvalue weighted by atomic mass is 16.5. The maximum Gasteiger partial charge on any atom is 0.339 e. The quantitative estimate of drug-likeness (QED) is 0.462. The molecule has 0 radical (unpaired) electrons. The lowest BCUT2D eigenvalue weighted by atomic mass is 9.71. The zero-order chi connectivity index (χ0) is 25.2. The van der Waals surface area contributed by atoms with Crippen molar-refractivity contribution in [3.05, 3.63) is 39.2 Å². The molecule has 190 valence electrons. The van der Waals surface area contributed by atoms with Gasteiger partial charge in [-0.1, -0.05) is 12.8 Å². The number of hydrogen-bond donors (Lipinski definition) is 2. The van der Waals surface area contributed by atoms with E-state index in [0.717, 1.165) is 36.6 Å². The van der Waals surface area contributed by atoms with E-state index in [2.05, 4.69) is 5.32 Å². The Morgan fingerprint density at radius 3 is 2.77 bits per heavy atom. The molecule has 1 aromatic carbocycles. The van der Waals surface area contributed by atoms with Gasteiger partial charge in [-0.2, -0.15) is 0 Å². The number of ether oxygens (including phenoxy) is 1. The van der Waals surface area contributed by atoms with Crippen LogP contribution >= 0.6 is 0 Å². The number of carbonyl (C=O) groups excluding carboxylic acids is 2. The summed E-state index contributed by atoms with van der Waals surface area (Å²) in [6.07, 6.45) is 5.60. The summed E-state index contributed by atoms with van der Waals surface area (Å²) < 4.78 is 11.1. The van der Waals surface area contributed by atoms with E-state index < -0.39 is 5.60 Å². The molecule has 35 heavy (non-hydrogen) atoms. The Labute approximate surface area is 205 Å². The second kappa shape index (κ2) is 10.4. The number of nitrogens with zero attached hydrogens (tertiary/aromatic N) is 1. The number of benzene rings is 1. The van der Waals surface area contributed by atoms with E-state index in [1.165, 1.54) is 0 Å². The smallest absolute Gasteiger partial charge is 0.339 e. The minimum atomic E-state index is -0.588. The summed E-state index contributed by atoms with van der Waals surface area (Å²) >= 11 is 0. The van der Waals surface area contributed by atoms with Crippen LogP contribution in [-0.2, 0) is 9.59 Å². The number of rotatable bonds is 7. The predicted molar refractivity (Wildman–Crippen MR) is 133 cm³/mol. The third kappa shape index (κ3) is 5.37. The fourth-order valence-electron chi connectivity index (χ4n) is 5.40. The first-order valence-electron chi connectivity index (χ1n) is 12.6. The van der Waals surface area contributed by atoms with Gasteiger partial charge in [0.15, 0.2) is 6.61 Å². The molecule has 1 aromatic heterocycles. The average molecular weight is 485 g/mol. The summed E-state index contributed by atoms with van der Waals surface area (Å²) in [5.74, 6) is 0.484. The van der Waals surface area contributed by atoms with Gasteiger partial charge in [-0.25, -0.2) is 4.79 Å². The summed E-state index contributed by atoms with van der Waals surface area (Å²) in [5, 5.41) is 14.4. The van der Waals surface area contributed by atoms with E-state index >= 15 is 0 Å². The molecule has 0 spiro atoms. The van der Waals surface area contributed by atoms with Gasteiger partial charge >= 0.3 is 5.63 Å². The van der Waals surface area contributed by atoms with Gasteiger partial charge in [0.1, 0.15) is 11.3 Å². The Kier molecular flexibility index (Phi) is 7.50. The minimum Gasteiger partial charge on any atom is -0.483 e. The topological polar surface area (TPSA) is 109 Å². The number of amides is 2. The number of aliphatic hydroxyl groups is 1. The first-order valence-corrected chi connectivity index (χ1v) is 12.6. The summed E-state index contributed by atoms with van der Waals surface area (Å²) in [5.41, 5.74) is 1.64. The molecule has 2 N–H and O–H groups in total. The molecule has 2 aliphatic rings. The highest BCUT2D eigenvalue weighted by molar-refractivity contribution is 5.86. The molecule has 2 amide bonds. The van der Waals surface area contributed by atoms with Crippen LogP contribution in [0.4, 0.5) is 0 Å². The van der Waals surface area contributed by atoms with Gasteiger partial charge < -0.3 is 24.5 Å². The highest BCUT2D eigenvalue weighted by Gasteiger charge is 2.43. The maximum absolute atomic E-state index is 12.6. The number of fused-ring (bicyclic) bond motifs is 2. The molecule has 1 saturated carbocycles. The normalized spacial score (nSPS) is 22.1. The molecule has 2 aromatic rings. The van der Waals surface area contributed by atoms with Crippen molar-refractivity contribution in [1.82, 2.24) is 10.2 Å². The molecule has 4 rings (SSSR count). The van der Waals surface area contributed by atoms with Crippen LogP contribution in [0, 0.1) is 26.7 Å². The van der Waals surface area contributed by atoms with E-state index in [-0.39, 0.29) is 30.0 Å². The zero-order valence-electron chi connectivity index (χ0n) is 20.9.